The summed E-state index contributed by atoms with van der Waals surface area (Å²) in [6.07, 6.45) is 3.70. The number of aryl methyl sites for hydroxylation is 3. The Morgan fingerprint density at radius 3 is 2.53 bits per heavy atom. The van der Waals surface area contributed by atoms with E-state index in [0.717, 1.165) is 19.7 Å². The maximum Gasteiger partial charge on any atom is 0.0587 e. The molecular formula is C16H29NOS. The van der Waals surface area contributed by atoms with Crippen molar-refractivity contribution in [3.8, 4) is 0 Å². The molecule has 0 bridgehead atoms. The Balaban J connectivity index is 2.28. The van der Waals surface area contributed by atoms with Gasteiger partial charge in [-0.25, -0.2) is 0 Å². The lowest BCUT2D eigenvalue weighted by Crippen LogP contribution is -2.25. The minimum atomic E-state index is 0.407. The Kier molecular flexibility index (Phi) is 7.05. The van der Waals surface area contributed by atoms with Crippen LogP contribution in [0.25, 0.3) is 0 Å². The van der Waals surface area contributed by atoms with E-state index in [2.05, 4.69) is 39.1 Å². The molecule has 0 aliphatic carbocycles. The molecule has 0 saturated heterocycles. The molecule has 1 aromatic rings. The summed E-state index contributed by atoms with van der Waals surface area (Å²) < 4.78 is 5.03. The van der Waals surface area contributed by atoms with Crippen LogP contribution in [0.15, 0.2) is 6.07 Å². The summed E-state index contributed by atoms with van der Waals surface area (Å²) in [4.78, 5) is 3.00. The van der Waals surface area contributed by atoms with Crippen molar-refractivity contribution in [3.63, 3.8) is 0 Å². The summed E-state index contributed by atoms with van der Waals surface area (Å²) in [7, 11) is 1.75. The molecule has 0 saturated carbocycles. The van der Waals surface area contributed by atoms with E-state index in [9.17, 15) is 0 Å². The minimum absolute atomic E-state index is 0.407. The van der Waals surface area contributed by atoms with E-state index in [4.69, 9.17) is 4.74 Å². The summed E-state index contributed by atoms with van der Waals surface area (Å²) in [5, 5.41) is 3.43. The quantitative estimate of drug-likeness (QED) is 0.693. The summed E-state index contributed by atoms with van der Waals surface area (Å²) in [6, 6.07) is 2.30. The van der Waals surface area contributed by atoms with E-state index in [1.54, 1.807) is 12.0 Å². The van der Waals surface area contributed by atoms with Crippen molar-refractivity contribution in [1.82, 2.24) is 5.32 Å². The third kappa shape index (κ3) is 6.55. The Bertz CT molecular complexity index is 371. The topological polar surface area (TPSA) is 21.3 Å². The number of methoxy groups -OCH3 is 1. The fraction of sp³-hybridized carbons (Fsp3) is 0.750. The third-order valence-corrected chi connectivity index (χ3v) is 4.85. The van der Waals surface area contributed by atoms with Crippen LogP contribution >= 0.6 is 11.3 Å². The Morgan fingerprint density at radius 2 is 1.95 bits per heavy atom. The van der Waals surface area contributed by atoms with Gasteiger partial charge in [0.25, 0.3) is 0 Å². The number of rotatable bonds is 9. The highest BCUT2D eigenvalue weighted by Gasteiger charge is 2.18. The molecule has 0 atom stereocenters. The van der Waals surface area contributed by atoms with Gasteiger partial charge in [0, 0.05) is 23.4 Å². The normalized spacial score (nSPS) is 12.1. The molecule has 3 heteroatoms. The molecule has 0 amide bonds. The van der Waals surface area contributed by atoms with Gasteiger partial charge in [0.15, 0.2) is 0 Å². The zero-order valence-electron chi connectivity index (χ0n) is 13.1. The predicted molar refractivity (Wildman–Crippen MR) is 85.3 cm³/mol. The van der Waals surface area contributed by atoms with Gasteiger partial charge in [-0.1, -0.05) is 13.8 Å². The van der Waals surface area contributed by atoms with Crippen LogP contribution in [0.4, 0.5) is 0 Å². The van der Waals surface area contributed by atoms with Gasteiger partial charge in [0.2, 0.25) is 0 Å². The number of ether oxygens (including phenoxy) is 1. The fourth-order valence-electron chi connectivity index (χ4n) is 2.24. The number of nitrogens with one attached hydrogen (secondary N) is 1. The van der Waals surface area contributed by atoms with Crippen LogP contribution in [0, 0.1) is 19.3 Å². The van der Waals surface area contributed by atoms with Gasteiger partial charge in [0.1, 0.15) is 0 Å². The van der Waals surface area contributed by atoms with Crippen molar-refractivity contribution in [2.45, 2.75) is 47.0 Å². The van der Waals surface area contributed by atoms with Gasteiger partial charge >= 0.3 is 0 Å². The molecule has 0 unspecified atom stereocenters. The lowest BCUT2D eigenvalue weighted by atomic mass is 9.84. The zero-order chi connectivity index (χ0) is 14.3. The molecule has 0 radical (unpaired) electrons. The highest BCUT2D eigenvalue weighted by Crippen LogP contribution is 2.30. The molecule has 1 heterocycles. The summed E-state index contributed by atoms with van der Waals surface area (Å²) >= 11 is 1.96. The maximum atomic E-state index is 5.03. The van der Waals surface area contributed by atoms with E-state index in [-0.39, 0.29) is 0 Å². The lowest BCUT2D eigenvalue weighted by molar-refractivity contribution is 0.197. The first kappa shape index (κ1) is 16.7. The molecule has 19 heavy (non-hydrogen) atoms. The van der Waals surface area contributed by atoms with Gasteiger partial charge in [-0.15, -0.1) is 11.3 Å². The molecule has 110 valence electrons. The smallest absolute Gasteiger partial charge is 0.0587 e. The first-order valence-corrected chi connectivity index (χ1v) is 8.02. The van der Waals surface area contributed by atoms with E-state index < -0.39 is 0 Å². The summed E-state index contributed by atoms with van der Waals surface area (Å²) in [5.74, 6) is 0. The fourth-order valence-corrected chi connectivity index (χ4v) is 3.29. The van der Waals surface area contributed by atoms with Crippen molar-refractivity contribution >= 4 is 11.3 Å². The van der Waals surface area contributed by atoms with Crippen molar-refractivity contribution in [3.05, 3.63) is 21.4 Å². The Morgan fingerprint density at radius 1 is 1.21 bits per heavy atom. The van der Waals surface area contributed by atoms with Crippen molar-refractivity contribution in [2.24, 2.45) is 5.41 Å². The monoisotopic (exact) mass is 283 g/mol. The van der Waals surface area contributed by atoms with E-state index in [1.165, 1.54) is 29.7 Å². The largest absolute Gasteiger partial charge is 0.383 e. The third-order valence-electron chi connectivity index (χ3n) is 3.63. The van der Waals surface area contributed by atoms with Crippen molar-refractivity contribution in [2.75, 3.05) is 26.8 Å². The Hall–Kier alpha value is -0.380. The molecule has 0 spiro atoms. The minimum Gasteiger partial charge on any atom is -0.383 e. The maximum absolute atomic E-state index is 5.03. The van der Waals surface area contributed by atoms with Crippen LogP contribution in [-0.4, -0.2) is 26.8 Å². The van der Waals surface area contributed by atoms with E-state index in [0.29, 0.717) is 5.41 Å². The molecular weight excluding hydrogens is 254 g/mol. The van der Waals surface area contributed by atoms with Crippen LogP contribution in [0.3, 0.4) is 0 Å². The van der Waals surface area contributed by atoms with Crippen molar-refractivity contribution in [1.29, 1.82) is 0 Å². The first-order chi connectivity index (χ1) is 8.94. The molecule has 0 aliphatic heterocycles. The average Bonchev–Trinajstić information content (AvgIpc) is 2.65. The molecule has 2 nitrogen and oxygen atoms in total. The molecule has 0 aliphatic rings. The van der Waals surface area contributed by atoms with Gasteiger partial charge in [-0.05, 0) is 56.7 Å². The number of hydrogen-bond donors (Lipinski definition) is 1. The molecule has 1 N–H and O–H groups in total. The van der Waals surface area contributed by atoms with Gasteiger partial charge in [-0.3, -0.25) is 0 Å². The first-order valence-electron chi connectivity index (χ1n) is 7.20. The van der Waals surface area contributed by atoms with Gasteiger partial charge in [-0.2, -0.15) is 0 Å². The van der Waals surface area contributed by atoms with Crippen molar-refractivity contribution < 1.29 is 4.74 Å². The summed E-state index contributed by atoms with van der Waals surface area (Å²) in [6.45, 7) is 12.0. The van der Waals surface area contributed by atoms with Gasteiger partial charge < -0.3 is 10.1 Å². The molecule has 1 rings (SSSR count). The molecule has 1 aromatic heterocycles. The van der Waals surface area contributed by atoms with E-state index >= 15 is 0 Å². The van der Waals surface area contributed by atoms with Crippen LogP contribution < -0.4 is 5.32 Å². The number of hydrogen-bond acceptors (Lipinski definition) is 3. The van der Waals surface area contributed by atoms with Gasteiger partial charge in [0.05, 0.1) is 6.61 Å². The second kappa shape index (κ2) is 8.03. The van der Waals surface area contributed by atoms with Crippen LogP contribution in [0.5, 0.6) is 0 Å². The highest BCUT2D eigenvalue weighted by molar-refractivity contribution is 7.12. The lowest BCUT2D eigenvalue weighted by Gasteiger charge is -2.24. The highest BCUT2D eigenvalue weighted by atomic mass is 32.1. The predicted octanol–water partition coefficient (Wildman–Crippen LogP) is 3.95. The average molecular weight is 283 g/mol. The zero-order valence-corrected chi connectivity index (χ0v) is 14.0. The standard InChI is InChI=1S/C16H29NOS/c1-13-12-14(2)19-15(13)6-7-16(3,4)8-9-17-10-11-18-5/h12,17H,6-11H2,1-5H3. The SMILES string of the molecule is COCCNCCC(C)(C)CCc1sc(C)cc1C. The second-order valence-corrected chi connectivity index (χ2v) is 7.46. The summed E-state index contributed by atoms with van der Waals surface area (Å²) in [5.41, 5.74) is 1.88. The van der Waals surface area contributed by atoms with E-state index in [1.807, 2.05) is 11.3 Å². The molecule has 0 fully saturated rings. The Labute approximate surface area is 122 Å². The molecule has 0 aromatic carbocycles. The van der Waals surface area contributed by atoms with Crippen LogP contribution in [-0.2, 0) is 11.2 Å². The second-order valence-electron chi connectivity index (χ2n) is 6.12. The van der Waals surface area contributed by atoms with Crippen LogP contribution in [0.1, 0.15) is 42.0 Å². The number of thiophene rings is 1. The van der Waals surface area contributed by atoms with Crippen LogP contribution in [0.2, 0.25) is 0 Å².